The molecule has 1 aliphatic carbocycles. The van der Waals surface area contributed by atoms with E-state index in [1.807, 2.05) is 75.4 Å². The molecule has 0 fully saturated rings. The molecule has 158 valence electrons. The maximum Gasteiger partial charge on any atom is 0.344 e. The highest BCUT2D eigenvalue weighted by Gasteiger charge is 2.35. The summed E-state index contributed by atoms with van der Waals surface area (Å²) in [6.07, 6.45) is 0.932. The van der Waals surface area contributed by atoms with Crippen LogP contribution in [0.25, 0.3) is 5.69 Å². The first kappa shape index (κ1) is 20.8. The first-order valence-corrected chi connectivity index (χ1v) is 10.4. The first-order valence-electron chi connectivity index (χ1n) is 10.4. The fourth-order valence-electron chi connectivity index (χ4n) is 4.03. The van der Waals surface area contributed by atoms with Gasteiger partial charge in [-0.15, -0.1) is 0 Å². The molecule has 0 amide bonds. The molecule has 31 heavy (non-hydrogen) atoms. The molecule has 0 unspecified atom stereocenters. The highest BCUT2D eigenvalue weighted by molar-refractivity contribution is 6.01. The van der Waals surface area contributed by atoms with E-state index in [-0.39, 0.29) is 23.4 Å². The van der Waals surface area contributed by atoms with E-state index in [9.17, 15) is 14.4 Å². The summed E-state index contributed by atoms with van der Waals surface area (Å²) in [6.45, 7) is 6.05. The van der Waals surface area contributed by atoms with Crippen LogP contribution < -0.4 is 5.56 Å². The molecule has 5 nitrogen and oxygen atoms in total. The third-order valence-corrected chi connectivity index (χ3v) is 5.61. The van der Waals surface area contributed by atoms with Crippen molar-refractivity contribution in [2.75, 3.05) is 0 Å². The Bertz CT molecular complexity index is 1200. The Kier molecular flexibility index (Phi) is 5.36. The molecule has 2 aromatic carbocycles. The van der Waals surface area contributed by atoms with Crippen molar-refractivity contribution in [3.8, 4) is 5.69 Å². The lowest BCUT2D eigenvalue weighted by Gasteiger charge is -2.32. The number of aryl methyl sites for hydroxylation is 1. The number of hydrogen-bond donors (Lipinski definition) is 0. The summed E-state index contributed by atoms with van der Waals surface area (Å²) in [5.41, 5.74) is 2.73. The number of carbonyl (C=O) groups excluding carboxylic acids is 2. The summed E-state index contributed by atoms with van der Waals surface area (Å²) in [5, 5.41) is 0. The first-order chi connectivity index (χ1) is 14.7. The summed E-state index contributed by atoms with van der Waals surface area (Å²) in [7, 11) is 0. The van der Waals surface area contributed by atoms with Crippen LogP contribution in [-0.4, -0.2) is 16.3 Å². The van der Waals surface area contributed by atoms with Gasteiger partial charge in [-0.25, -0.2) is 4.79 Å². The Balaban J connectivity index is 1.82. The zero-order valence-corrected chi connectivity index (χ0v) is 18.0. The van der Waals surface area contributed by atoms with Crippen molar-refractivity contribution < 1.29 is 14.3 Å². The van der Waals surface area contributed by atoms with E-state index in [1.54, 1.807) is 0 Å². The lowest BCUT2D eigenvalue weighted by atomic mass is 9.75. The Morgan fingerprint density at radius 2 is 1.68 bits per heavy atom. The van der Waals surface area contributed by atoms with Crippen molar-refractivity contribution >= 4 is 11.8 Å². The fraction of sp³-hybridized carbons (Fsp3) is 0.269. The summed E-state index contributed by atoms with van der Waals surface area (Å²) >= 11 is 0. The second-order valence-corrected chi connectivity index (χ2v) is 8.90. The number of ketones is 1. The number of fused-ring (bicyclic) bond motifs is 1. The third kappa shape index (κ3) is 4.22. The van der Waals surface area contributed by atoms with Crippen LogP contribution in [0, 0.1) is 12.3 Å². The number of pyridine rings is 1. The SMILES string of the molecule is Cc1ccc(-n2c3c(cc(C(=O)OCc4ccccc4)c2=O)C(=O)CC(C)(C)C3)cc1. The van der Waals surface area contributed by atoms with Crippen molar-refractivity contribution in [1.82, 2.24) is 4.57 Å². The number of hydrogen-bond acceptors (Lipinski definition) is 4. The van der Waals surface area contributed by atoms with E-state index in [1.165, 1.54) is 10.6 Å². The van der Waals surface area contributed by atoms with Crippen LogP contribution in [0.3, 0.4) is 0 Å². The minimum atomic E-state index is -0.727. The highest BCUT2D eigenvalue weighted by Crippen LogP contribution is 2.35. The number of aromatic nitrogens is 1. The maximum atomic E-state index is 13.4. The minimum Gasteiger partial charge on any atom is -0.457 e. The average Bonchev–Trinajstić information content (AvgIpc) is 2.73. The lowest BCUT2D eigenvalue weighted by Crippen LogP contribution is -2.36. The molecule has 0 spiro atoms. The van der Waals surface area contributed by atoms with E-state index >= 15 is 0 Å². The topological polar surface area (TPSA) is 65.4 Å². The van der Waals surface area contributed by atoms with Crippen LogP contribution in [0.2, 0.25) is 0 Å². The van der Waals surface area contributed by atoms with Gasteiger partial charge in [0.05, 0.1) is 0 Å². The number of nitrogens with zero attached hydrogens (tertiary/aromatic N) is 1. The smallest absolute Gasteiger partial charge is 0.344 e. The monoisotopic (exact) mass is 415 g/mol. The molecule has 0 aliphatic heterocycles. The van der Waals surface area contributed by atoms with Gasteiger partial charge in [0.2, 0.25) is 0 Å². The number of benzene rings is 2. The van der Waals surface area contributed by atoms with Crippen LogP contribution >= 0.6 is 0 Å². The van der Waals surface area contributed by atoms with Gasteiger partial charge in [0.1, 0.15) is 12.2 Å². The van der Waals surface area contributed by atoms with Crippen LogP contribution in [0.1, 0.15) is 57.8 Å². The van der Waals surface area contributed by atoms with Gasteiger partial charge in [-0.3, -0.25) is 14.2 Å². The van der Waals surface area contributed by atoms with Crippen LogP contribution in [0.15, 0.2) is 65.5 Å². The van der Waals surface area contributed by atoms with E-state index in [2.05, 4.69) is 0 Å². The summed E-state index contributed by atoms with van der Waals surface area (Å²) < 4.78 is 6.92. The lowest BCUT2D eigenvalue weighted by molar-refractivity contribution is 0.0470. The molecular weight excluding hydrogens is 390 g/mol. The Morgan fingerprint density at radius 3 is 2.35 bits per heavy atom. The zero-order valence-electron chi connectivity index (χ0n) is 18.0. The minimum absolute atomic E-state index is 0.0572. The molecule has 0 bridgehead atoms. The van der Waals surface area contributed by atoms with Crippen molar-refractivity contribution in [2.45, 2.75) is 40.2 Å². The number of rotatable bonds is 4. The van der Waals surface area contributed by atoms with Crippen LogP contribution in [0.5, 0.6) is 0 Å². The molecule has 1 heterocycles. The Labute approximate surface area is 181 Å². The van der Waals surface area contributed by atoms with Gasteiger partial charge in [0.25, 0.3) is 5.56 Å². The van der Waals surface area contributed by atoms with Gasteiger partial charge in [0.15, 0.2) is 5.78 Å². The molecular formula is C26H25NO4. The van der Waals surface area contributed by atoms with Gasteiger partial charge in [0, 0.05) is 23.4 Å². The van der Waals surface area contributed by atoms with E-state index in [0.717, 1.165) is 11.1 Å². The Hall–Kier alpha value is -3.47. The molecule has 0 N–H and O–H groups in total. The molecule has 3 aromatic rings. The second-order valence-electron chi connectivity index (χ2n) is 8.90. The molecule has 1 aliphatic rings. The molecule has 1 aromatic heterocycles. The Morgan fingerprint density at radius 1 is 1.00 bits per heavy atom. The zero-order chi connectivity index (χ0) is 22.2. The second kappa shape index (κ2) is 7.99. The van der Waals surface area contributed by atoms with Crippen molar-refractivity contribution in [3.05, 3.63) is 99.0 Å². The number of esters is 1. The van der Waals surface area contributed by atoms with E-state index < -0.39 is 11.5 Å². The van der Waals surface area contributed by atoms with Gasteiger partial charge < -0.3 is 4.74 Å². The summed E-state index contributed by atoms with van der Waals surface area (Å²) in [4.78, 5) is 39.2. The number of ether oxygens (including phenoxy) is 1. The van der Waals surface area contributed by atoms with Gasteiger partial charge in [-0.05, 0) is 42.5 Å². The quantitative estimate of drug-likeness (QED) is 0.582. The van der Waals surface area contributed by atoms with E-state index in [4.69, 9.17) is 4.74 Å². The van der Waals surface area contributed by atoms with Crippen molar-refractivity contribution in [1.29, 1.82) is 0 Å². The summed E-state index contributed by atoms with van der Waals surface area (Å²) in [6, 6.07) is 18.2. The van der Waals surface area contributed by atoms with Gasteiger partial charge in [-0.1, -0.05) is 61.9 Å². The normalized spacial score (nSPS) is 14.7. The van der Waals surface area contributed by atoms with Crippen LogP contribution in [-0.2, 0) is 17.8 Å². The standard InChI is InChI=1S/C26H25NO4/c1-17-9-11-19(12-10-17)27-22-14-26(2,3)15-23(28)20(22)13-21(24(27)29)25(30)31-16-18-7-5-4-6-8-18/h4-13H,14-16H2,1-3H3. The average molecular weight is 415 g/mol. The van der Waals surface area contributed by atoms with Crippen LogP contribution in [0.4, 0.5) is 0 Å². The third-order valence-electron chi connectivity index (χ3n) is 5.61. The molecule has 5 heteroatoms. The fourth-order valence-corrected chi connectivity index (χ4v) is 4.03. The molecule has 0 saturated heterocycles. The van der Waals surface area contributed by atoms with E-state index in [0.29, 0.717) is 29.8 Å². The van der Waals surface area contributed by atoms with Crippen molar-refractivity contribution in [2.24, 2.45) is 5.41 Å². The number of Topliss-reactive ketones (excluding diaryl/α,β-unsaturated/α-hetero) is 1. The summed E-state index contributed by atoms with van der Waals surface area (Å²) in [5.74, 6) is -0.792. The molecule has 0 radical (unpaired) electrons. The number of carbonyl (C=O) groups is 2. The maximum absolute atomic E-state index is 13.4. The molecule has 0 atom stereocenters. The van der Waals surface area contributed by atoms with Gasteiger partial charge >= 0.3 is 5.97 Å². The molecule has 4 rings (SSSR count). The predicted molar refractivity (Wildman–Crippen MR) is 119 cm³/mol. The van der Waals surface area contributed by atoms with Crippen molar-refractivity contribution in [3.63, 3.8) is 0 Å². The highest BCUT2D eigenvalue weighted by atomic mass is 16.5. The van der Waals surface area contributed by atoms with Gasteiger partial charge in [-0.2, -0.15) is 0 Å². The largest absolute Gasteiger partial charge is 0.457 e. The predicted octanol–water partition coefficient (Wildman–Crippen LogP) is 4.66. The molecule has 0 saturated carbocycles.